The molecule has 0 aliphatic carbocycles. The fourth-order valence-electron chi connectivity index (χ4n) is 1.29. The zero-order chi connectivity index (χ0) is 9.90. The van der Waals surface area contributed by atoms with E-state index in [9.17, 15) is 13.2 Å². The van der Waals surface area contributed by atoms with Crippen molar-refractivity contribution in [3.63, 3.8) is 0 Å². The molecule has 1 aliphatic rings. The van der Waals surface area contributed by atoms with Crippen LogP contribution in [-0.2, 0) is 19.6 Å². The van der Waals surface area contributed by atoms with Crippen molar-refractivity contribution in [2.45, 2.75) is 12.8 Å². The summed E-state index contributed by atoms with van der Waals surface area (Å²) >= 11 is 0. The first-order valence-corrected chi connectivity index (χ1v) is 5.65. The molecule has 1 heterocycles. The molecule has 0 aromatic rings. The molecule has 0 aromatic heterocycles. The second-order valence-electron chi connectivity index (χ2n) is 3.11. The van der Waals surface area contributed by atoms with Crippen molar-refractivity contribution >= 4 is 15.9 Å². The molecule has 13 heavy (non-hydrogen) atoms. The van der Waals surface area contributed by atoms with E-state index in [4.69, 9.17) is 9.29 Å². The summed E-state index contributed by atoms with van der Waals surface area (Å²) in [5.74, 6) is -1.61. The van der Waals surface area contributed by atoms with Crippen LogP contribution in [0.15, 0.2) is 0 Å². The van der Waals surface area contributed by atoms with Crippen LogP contribution in [0.2, 0.25) is 0 Å². The lowest BCUT2D eigenvalue weighted by Crippen LogP contribution is -2.29. The van der Waals surface area contributed by atoms with Crippen LogP contribution in [0.25, 0.3) is 0 Å². The monoisotopic (exact) mass is 208 g/mol. The molecule has 1 atom stereocenters. The smallest absolute Gasteiger partial charge is 0.272 e. The Balaban J connectivity index is 2.47. The topological polar surface area (TPSA) is 80.7 Å². The van der Waals surface area contributed by atoms with Crippen molar-refractivity contribution in [2.75, 3.05) is 19.0 Å². The first kappa shape index (κ1) is 10.6. The van der Waals surface area contributed by atoms with E-state index in [2.05, 4.69) is 0 Å². The summed E-state index contributed by atoms with van der Waals surface area (Å²) in [6.45, 7) is 0.893. The number of hydrogen-bond acceptors (Lipinski definition) is 4. The molecular weight excluding hydrogens is 196 g/mol. The zero-order valence-corrected chi connectivity index (χ0v) is 7.92. The molecule has 5 nitrogen and oxygen atoms in total. The third-order valence-corrected chi connectivity index (χ3v) is 2.59. The van der Waals surface area contributed by atoms with Gasteiger partial charge in [-0.25, -0.2) is 0 Å². The van der Waals surface area contributed by atoms with Crippen LogP contribution in [0.3, 0.4) is 0 Å². The van der Waals surface area contributed by atoms with E-state index in [1.54, 1.807) is 0 Å². The molecule has 0 amide bonds. The van der Waals surface area contributed by atoms with Gasteiger partial charge in [-0.15, -0.1) is 0 Å². The molecule has 76 valence electrons. The maximum atomic E-state index is 11.2. The molecule has 1 saturated heterocycles. The van der Waals surface area contributed by atoms with Crippen molar-refractivity contribution in [3.05, 3.63) is 0 Å². The number of hydrogen-bond donors (Lipinski definition) is 1. The number of carbonyl (C=O) groups excluding carboxylic acids is 1. The third kappa shape index (κ3) is 3.84. The van der Waals surface area contributed by atoms with Gasteiger partial charge in [0.25, 0.3) is 10.1 Å². The Morgan fingerprint density at radius 3 is 2.69 bits per heavy atom. The maximum absolute atomic E-state index is 11.2. The quantitative estimate of drug-likeness (QED) is 0.653. The van der Waals surface area contributed by atoms with Gasteiger partial charge in [0.15, 0.2) is 5.78 Å². The van der Waals surface area contributed by atoms with E-state index >= 15 is 0 Å². The molecule has 0 spiro atoms. The maximum Gasteiger partial charge on any atom is 0.272 e. The number of ketones is 1. The van der Waals surface area contributed by atoms with Crippen molar-refractivity contribution in [1.82, 2.24) is 0 Å². The normalized spacial score (nSPS) is 24.2. The predicted octanol–water partition coefficient (Wildman–Crippen LogP) is -0.130. The van der Waals surface area contributed by atoms with Crippen molar-refractivity contribution in [3.8, 4) is 0 Å². The largest absolute Gasteiger partial charge is 0.381 e. The lowest BCUT2D eigenvalue weighted by Gasteiger charge is -2.19. The number of carbonyl (C=O) groups is 1. The molecule has 1 rings (SSSR count). The highest BCUT2D eigenvalue weighted by atomic mass is 32.2. The van der Waals surface area contributed by atoms with Crippen LogP contribution in [0.1, 0.15) is 12.8 Å². The van der Waals surface area contributed by atoms with Gasteiger partial charge in [0.2, 0.25) is 0 Å². The summed E-state index contributed by atoms with van der Waals surface area (Å²) in [6, 6.07) is 0. The van der Waals surface area contributed by atoms with Crippen LogP contribution in [0, 0.1) is 5.92 Å². The van der Waals surface area contributed by atoms with Gasteiger partial charge in [0, 0.05) is 12.5 Å². The van der Waals surface area contributed by atoms with Crippen molar-refractivity contribution in [2.24, 2.45) is 5.92 Å². The van der Waals surface area contributed by atoms with E-state index < -0.39 is 21.7 Å². The van der Waals surface area contributed by atoms with E-state index in [1.165, 1.54) is 0 Å². The van der Waals surface area contributed by atoms with Crippen molar-refractivity contribution < 1.29 is 22.5 Å². The van der Waals surface area contributed by atoms with E-state index in [0.717, 1.165) is 6.42 Å². The molecule has 6 heteroatoms. The summed E-state index contributed by atoms with van der Waals surface area (Å²) < 4.78 is 34.2. The van der Waals surface area contributed by atoms with E-state index in [1.807, 2.05) is 0 Å². The molecule has 0 aromatic carbocycles. The summed E-state index contributed by atoms with van der Waals surface area (Å²) in [6.07, 6.45) is 1.41. The zero-order valence-electron chi connectivity index (χ0n) is 7.10. The fourth-order valence-corrected chi connectivity index (χ4v) is 1.89. The second kappa shape index (κ2) is 4.17. The Morgan fingerprint density at radius 2 is 2.23 bits per heavy atom. The molecule has 0 radical (unpaired) electrons. The predicted molar refractivity (Wildman–Crippen MR) is 45.0 cm³/mol. The summed E-state index contributed by atoms with van der Waals surface area (Å²) in [5.41, 5.74) is 0. The molecular formula is C7H12O5S. The second-order valence-corrected chi connectivity index (χ2v) is 4.56. The Kier molecular flexibility index (Phi) is 3.40. The highest BCUT2D eigenvalue weighted by Crippen LogP contribution is 2.14. The first-order valence-electron chi connectivity index (χ1n) is 4.04. The Hall–Kier alpha value is -0.460. The van der Waals surface area contributed by atoms with Crippen LogP contribution in [0.5, 0.6) is 0 Å². The van der Waals surface area contributed by atoms with Gasteiger partial charge in [-0.1, -0.05) is 0 Å². The van der Waals surface area contributed by atoms with Gasteiger partial charge >= 0.3 is 0 Å². The highest BCUT2D eigenvalue weighted by Gasteiger charge is 2.25. The van der Waals surface area contributed by atoms with Crippen molar-refractivity contribution in [1.29, 1.82) is 0 Å². The molecule has 1 N–H and O–H groups in total. The number of rotatable bonds is 3. The highest BCUT2D eigenvalue weighted by molar-refractivity contribution is 7.86. The standard InChI is InChI=1S/C7H12O5S/c8-7(5-13(9,10)11)6-2-1-3-12-4-6/h6H,1-5H2,(H,9,10,11). The average Bonchev–Trinajstić information content (AvgIpc) is 2.03. The SMILES string of the molecule is O=C(CS(=O)(=O)O)C1CCCOC1. The summed E-state index contributed by atoms with van der Waals surface area (Å²) in [4.78, 5) is 11.2. The lowest BCUT2D eigenvalue weighted by molar-refractivity contribution is -0.124. The minimum absolute atomic E-state index is 0.272. The van der Waals surface area contributed by atoms with Gasteiger partial charge in [-0.3, -0.25) is 9.35 Å². The summed E-state index contributed by atoms with van der Waals surface area (Å²) in [5, 5.41) is 0. The minimum Gasteiger partial charge on any atom is -0.381 e. The van der Waals surface area contributed by atoms with E-state index in [-0.39, 0.29) is 12.5 Å². The third-order valence-electron chi connectivity index (χ3n) is 1.94. The van der Waals surface area contributed by atoms with Gasteiger partial charge < -0.3 is 4.74 Å². The lowest BCUT2D eigenvalue weighted by atomic mass is 9.99. The van der Waals surface area contributed by atoms with Crippen LogP contribution < -0.4 is 0 Å². The number of Topliss-reactive ketones (excluding diaryl/α,β-unsaturated/α-hetero) is 1. The minimum atomic E-state index is -4.18. The average molecular weight is 208 g/mol. The van der Waals surface area contributed by atoms with Crippen LogP contribution >= 0.6 is 0 Å². The Morgan fingerprint density at radius 1 is 1.54 bits per heavy atom. The van der Waals surface area contributed by atoms with Crippen LogP contribution in [0.4, 0.5) is 0 Å². The molecule has 0 bridgehead atoms. The number of ether oxygens (including phenoxy) is 1. The summed E-state index contributed by atoms with van der Waals surface area (Å²) in [7, 11) is -4.18. The molecule has 0 saturated carbocycles. The van der Waals surface area contributed by atoms with Crippen LogP contribution in [-0.4, -0.2) is 37.7 Å². The van der Waals surface area contributed by atoms with Gasteiger partial charge in [-0.05, 0) is 12.8 Å². The van der Waals surface area contributed by atoms with Gasteiger partial charge in [0.1, 0.15) is 5.75 Å². The Labute approximate surface area is 76.8 Å². The van der Waals surface area contributed by atoms with E-state index in [0.29, 0.717) is 13.0 Å². The fraction of sp³-hybridized carbons (Fsp3) is 0.857. The molecule has 1 aliphatic heterocycles. The van der Waals surface area contributed by atoms with Gasteiger partial charge in [-0.2, -0.15) is 8.42 Å². The first-order chi connectivity index (χ1) is 5.99. The van der Waals surface area contributed by atoms with Gasteiger partial charge in [0.05, 0.1) is 6.61 Å². The molecule has 1 unspecified atom stereocenters. The Bertz CT molecular complexity index is 275. The molecule has 1 fully saturated rings.